The Labute approximate surface area is 157 Å². The molecule has 4 rings (SSSR count). The highest BCUT2D eigenvalue weighted by Gasteiger charge is 2.25. The molecule has 0 N–H and O–H groups in total. The first-order valence-electron chi connectivity index (χ1n) is 7.51. The Kier molecular flexibility index (Phi) is 4.18. The second kappa shape index (κ2) is 6.64. The Morgan fingerprint density at radius 2 is 1.50 bits per heavy atom. The van der Waals surface area contributed by atoms with E-state index in [4.69, 9.17) is 10.5 Å². The summed E-state index contributed by atoms with van der Waals surface area (Å²) in [5, 5.41) is 19.4. The lowest BCUT2D eigenvalue weighted by atomic mass is 10.0. The fraction of sp³-hybridized carbons (Fsp3) is 0. The molecule has 5 nitrogen and oxygen atoms in total. The van der Waals surface area contributed by atoms with E-state index in [1.54, 1.807) is 30.3 Å². The Morgan fingerprint density at radius 1 is 0.846 bits per heavy atom. The number of allylic oxidation sites excluding steroid dienone is 1. The number of aromatic nitrogens is 2. The molecular formula is C19H8N4OS2. The molecule has 122 valence electrons. The number of carbonyl (C=O) groups excluding carboxylic acids is 1. The number of hydrogen-bond donors (Lipinski definition) is 0. The van der Waals surface area contributed by atoms with Gasteiger partial charge in [-0.2, -0.15) is 10.5 Å². The first-order chi connectivity index (χ1) is 12.7. The zero-order valence-corrected chi connectivity index (χ0v) is 14.8. The maximum absolute atomic E-state index is 12.6. The van der Waals surface area contributed by atoms with Crippen molar-refractivity contribution in [3.05, 3.63) is 69.5 Å². The number of fused-ring (bicyclic) bond motifs is 2. The summed E-state index contributed by atoms with van der Waals surface area (Å²) in [4.78, 5) is 21.7. The molecule has 0 aliphatic carbocycles. The molecular weight excluding hydrogens is 364 g/mol. The molecule has 0 saturated heterocycles. The average Bonchev–Trinajstić information content (AvgIpc) is 3.09. The average molecular weight is 372 g/mol. The lowest BCUT2D eigenvalue weighted by Crippen LogP contribution is -2.01. The number of carbonyl (C=O) groups is 1. The van der Waals surface area contributed by atoms with E-state index in [0.29, 0.717) is 36.4 Å². The van der Waals surface area contributed by atoms with E-state index in [0.717, 1.165) is 0 Å². The van der Waals surface area contributed by atoms with Gasteiger partial charge in [0.25, 0.3) is 0 Å². The first kappa shape index (κ1) is 16.3. The fourth-order valence-electron chi connectivity index (χ4n) is 2.47. The van der Waals surface area contributed by atoms with Crippen LogP contribution in [0.3, 0.4) is 0 Å². The molecule has 0 amide bonds. The second-order valence-corrected chi connectivity index (χ2v) is 7.58. The van der Waals surface area contributed by atoms with E-state index in [1.165, 1.54) is 23.5 Å². The van der Waals surface area contributed by atoms with Crippen molar-refractivity contribution < 1.29 is 4.79 Å². The van der Waals surface area contributed by atoms with E-state index in [9.17, 15) is 4.79 Å². The van der Waals surface area contributed by atoms with E-state index >= 15 is 0 Å². The van der Waals surface area contributed by atoms with Crippen molar-refractivity contribution in [2.24, 2.45) is 0 Å². The van der Waals surface area contributed by atoms with Gasteiger partial charge in [-0.3, -0.25) is 4.79 Å². The van der Waals surface area contributed by atoms with Gasteiger partial charge in [0, 0.05) is 11.1 Å². The third-order valence-corrected chi connectivity index (χ3v) is 6.07. The fourth-order valence-corrected chi connectivity index (χ4v) is 4.65. The monoisotopic (exact) mass is 372 g/mol. The summed E-state index contributed by atoms with van der Waals surface area (Å²) in [6.45, 7) is 0. The standard InChI is InChI=1S/C19H8N4OS2/c20-9-13(10-21)19-25-17-18(26-19)23-15-8-12(6-7-14(15)22-17)16(24)11-4-2-1-3-5-11/h1-8H. The summed E-state index contributed by atoms with van der Waals surface area (Å²) in [7, 11) is 0. The van der Waals surface area contributed by atoms with Crippen molar-refractivity contribution in [1.82, 2.24) is 9.97 Å². The molecule has 0 atom stereocenters. The number of benzene rings is 2. The molecule has 2 heterocycles. The molecule has 0 bridgehead atoms. The van der Waals surface area contributed by atoms with Crippen LogP contribution in [0.1, 0.15) is 15.9 Å². The van der Waals surface area contributed by atoms with E-state index in [1.807, 2.05) is 30.3 Å². The lowest BCUT2D eigenvalue weighted by molar-refractivity contribution is 0.103. The zero-order chi connectivity index (χ0) is 18.1. The van der Waals surface area contributed by atoms with Crippen LogP contribution in [0, 0.1) is 22.7 Å². The molecule has 26 heavy (non-hydrogen) atoms. The summed E-state index contributed by atoms with van der Waals surface area (Å²) >= 11 is 2.53. The van der Waals surface area contributed by atoms with Crippen molar-refractivity contribution in [3.63, 3.8) is 0 Å². The van der Waals surface area contributed by atoms with Crippen LogP contribution in [-0.4, -0.2) is 15.8 Å². The largest absolute Gasteiger partial charge is 0.289 e. The van der Waals surface area contributed by atoms with Crippen molar-refractivity contribution in [1.29, 1.82) is 10.5 Å². The molecule has 1 aliphatic rings. The smallest absolute Gasteiger partial charge is 0.193 e. The van der Waals surface area contributed by atoms with Crippen molar-refractivity contribution in [2.75, 3.05) is 0 Å². The van der Waals surface area contributed by atoms with Gasteiger partial charge in [-0.15, -0.1) is 0 Å². The Morgan fingerprint density at radius 3 is 2.15 bits per heavy atom. The number of ketones is 1. The van der Waals surface area contributed by atoms with Crippen LogP contribution in [0.4, 0.5) is 0 Å². The van der Waals surface area contributed by atoms with Gasteiger partial charge < -0.3 is 0 Å². The summed E-state index contributed by atoms with van der Waals surface area (Å²) in [5.41, 5.74) is 2.49. The normalized spacial score (nSPS) is 12.3. The summed E-state index contributed by atoms with van der Waals surface area (Å²) in [5.74, 6) is -0.0753. The summed E-state index contributed by atoms with van der Waals surface area (Å²) in [6.07, 6.45) is 0. The highest BCUT2D eigenvalue weighted by atomic mass is 32.2. The van der Waals surface area contributed by atoms with E-state index < -0.39 is 0 Å². The van der Waals surface area contributed by atoms with Gasteiger partial charge in [0.1, 0.15) is 27.8 Å². The maximum Gasteiger partial charge on any atom is 0.193 e. The van der Waals surface area contributed by atoms with Crippen LogP contribution >= 0.6 is 23.5 Å². The van der Waals surface area contributed by atoms with Crippen LogP contribution in [0.25, 0.3) is 11.0 Å². The molecule has 0 spiro atoms. The second-order valence-electron chi connectivity index (χ2n) is 5.32. The minimum Gasteiger partial charge on any atom is -0.289 e. The Bertz CT molecular complexity index is 1160. The van der Waals surface area contributed by atoms with Gasteiger partial charge in [-0.25, -0.2) is 9.97 Å². The molecule has 0 saturated carbocycles. The molecule has 2 aromatic carbocycles. The van der Waals surface area contributed by atoms with Gasteiger partial charge in [-0.1, -0.05) is 53.9 Å². The molecule has 1 aliphatic heterocycles. The highest BCUT2D eigenvalue weighted by molar-refractivity contribution is 8.24. The van der Waals surface area contributed by atoms with Gasteiger partial charge in [0.15, 0.2) is 5.78 Å². The Hall–Kier alpha value is -3.13. The molecule has 0 fully saturated rings. The topological polar surface area (TPSA) is 90.4 Å². The van der Waals surface area contributed by atoms with Crippen LogP contribution in [0.2, 0.25) is 0 Å². The van der Waals surface area contributed by atoms with Crippen LogP contribution < -0.4 is 0 Å². The van der Waals surface area contributed by atoms with E-state index in [-0.39, 0.29) is 11.4 Å². The maximum atomic E-state index is 12.6. The third-order valence-electron chi connectivity index (χ3n) is 3.71. The van der Waals surface area contributed by atoms with Crippen LogP contribution in [0.5, 0.6) is 0 Å². The molecule has 1 aromatic heterocycles. The predicted molar refractivity (Wildman–Crippen MR) is 99.4 cm³/mol. The Balaban J connectivity index is 1.75. The predicted octanol–water partition coefficient (Wildman–Crippen LogP) is 4.32. The number of nitriles is 2. The lowest BCUT2D eigenvalue weighted by Gasteiger charge is -2.04. The minimum atomic E-state index is -0.0753. The number of nitrogens with zero attached hydrogens (tertiary/aromatic N) is 4. The highest BCUT2D eigenvalue weighted by Crippen LogP contribution is 2.50. The molecule has 0 unspecified atom stereocenters. The summed E-state index contributed by atoms with van der Waals surface area (Å²) in [6, 6.07) is 18.1. The number of thioether (sulfide) groups is 2. The quantitative estimate of drug-likeness (QED) is 0.489. The third kappa shape index (κ3) is 2.84. The first-order valence-corrected chi connectivity index (χ1v) is 9.14. The van der Waals surface area contributed by atoms with Crippen molar-refractivity contribution in [2.45, 2.75) is 10.1 Å². The number of rotatable bonds is 2. The molecule has 7 heteroatoms. The van der Waals surface area contributed by atoms with Crippen LogP contribution in [0.15, 0.2) is 68.4 Å². The van der Waals surface area contributed by atoms with Crippen molar-refractivity contribution >= 4 is 40.3 Å². The molecule has 3 aromatic rings. The SMILES string of the molecule is N#CC(C#N)=C1Sc2nc3ccc(C(=O)c4ccccc4)cc3nc2S1. The number of hydrogen-bond acceptors (Lipinski definition) is 7. The van der Waals surface area contributed by atoms with Gasteiger partial charge >= 0.3 is 0 Å². The summed E-state index contributed by atoms with van der Waals surface area (Å²) < 4.78 is 0.584. The van der Waals surface area contributed by atoms with E-state index in [2.05, 4.69) is 9.97 Å². The van der Waals surface area contributed by atoms with Gasteiger partial charge in [-0.05, 0) is 18.2 Å². The minimum absolute atomic E-state index is 0.0591. The zero-order valence-electron chi connectivity index (χ0n) is 13.1. The van der Waals surface area contributed by atoms with Crippen LogP contribution in [-0.2, 0) is 0 Å². The van der Waals surface area contributed by atoms with Gasteiger partial charge in [0.2, 0.25) is 0 Å². The van der Waals surface area contributed by atoms with Gasteiger partial charge in [0.05, 0.1) is 15.3 Å². The molecule has 0 radical (unpaired) electrons. The van der Waals surface area contributed by atoms with Crippen molar-refractivity contribution in [3.8, 4) is 12.1 Å².